The molecule has 1 aliphatic rings. The summed E-state index contributed by atoms with van der Waals surface area (Å²) in [5.41, 5.74) is 0.800. The predicted molar refractivity (Wildman–Crippen MR) is 63.5 cm³/mol. The average Bonchev–Trinajstić information content (AvgIpc) is 2.71. The summed E-state index contributed by atoms with van der Waals surface area (Å²) in [6.07, 6.45) is 1.58. The van der Waals surface area contributed by atoms with Crippen LogP contribution < -0.4 is 0 Å². The van der Waals surface area contributed by atoms with Crippen LogP contribution in [0, 0.1) is 0 Å². The van der Waals surface area contributed by atoms with Crippen LogP contribution in [0.25, 0.3) is 0 Å². The molecule has 0 bridgehead atoms. The van der Waals surface area contributed by atoms with E-state index in [1.165, 1.54) is 0 Å². The molecular weight excluding hydrogens is 272 g/mol. The number of rotatable bonds is 3. The zero-order valence-electron chi connectivity index (χ0n) is 8.73. The topological polar surface area (TPSA) is 46.5 Å². The number of halogens is 1. The minimum atomic E-state index is -0.815. The molecule has 0 amide bonds. The van der Waals surface area contributed by atoms with Crippen LogP contribution in [0.4, 0.5) is 0 Å². The summed E-state index contributed by atoms with van der Waals surface area (Å²) >= 11 is 3.35. The fraction of sp³-hybridized carbons (Fsp3) is 0.417. The summed E-state index contributed by atoms with van der Waals surface area (Å²) in [6.45, 7) is 0.669. The maximum atomic E-state index is 11.3. The van der Waals surface area contributed by atoms with Crippen molar-refractivity contribution >= 4 is 21.9 Å². The highest BCUT2D eigenvalue weighted by Crippen LogP contribution is 2.30. The quantitative estimate of drug-likeness (QED) is 0.929. The highest BCUT2D eigenvalue weighted by Gasteiger charge is 2.32. The molecule has 3 nitrogen and oxygen atoms in total. The van der Waals surface area contributed by atoms with Crippen LogP contribution >= 0.6 is 15.9 Å². The molecule has 4 heteroatoms. The van der Waals surface area contributed by atoms with Crippen molar-refractivity contribution in [1.82, 2.24) is 0 Å². The van der Waals surface area contributed by atoms with Gasteiger partial charge < -0.3 is 9.84 Å². The zero-order chi connectivity index (χ0) is 11.5. The van der Waals surface area contributed by atoms with Gasteiger partial charge in [0.05, 0.1) is 6.10 Å². The molecule has 1 saturated heterocycles. The SMILES string of the molecule is O=C(O)C(c1cccc(Br)c1)C1CCCO1. The molecule has 1 aliphatic heterocycles. The summed E-state index contributed by atoms with van der Waals surface area (Å²) in [4.78, 5) is 11.3. The van der Waals surface area contributed by atoms with Crippen LogP contribution in [0.15, 0.2) is 28.7 Å². The molecule has 0 aromatic heterocycles. The molecule has 0 spiro atoms. The molecule has 1 aromatic carbocycles. The molecular formula is C12H13BrO3. The number of carboxylic acid groups (broad SMARTS) is 1. The maximum Gasteiger partial charge on any atom is 0.313 e. The molecule has 2 unspecified atom stereocenters. The van der Waals surface area contributed by atoms with Crippen LogP contribution in [0.1, 0.15) is 24.3 Å². The Bertz CT molecular complexity index is 386. The van der Waals surface area contributed by atoms with Gasteiger partial charge in [-0.15, -0.1) is 0 Å². The zero-order valence-corrected chi connectivity index (χ0v) is 10.3. The minimum Gasteiger partial charge on any atom is -0.481 e. The highest BCUT2D eigenvalue weighted by atomic mass is 79.9. The minimum absolute atomic E-state index is 0.188. The van der Waals surface area contributed by atoms with Crippen LogP contribution in [-0.4, -0.2) is 23.8 Å². The normalized spacial score (nSPS) is 21.9. The van der Waals surface area contributed by atoms with E-state index in [0.29, 0.717) is 6.61 Å². The van der Waals surface area contributed by atoms with Gasteiger partial charge in [0.25, 0.3) is 0 Å². The number of hydrogen-bond donors (Lipinski definition) is 1. The van der Waals surface area contributed by atoms with Gasteiger partial charge in [0, 0.05) is 11.1 Å². The lowest BCUT2D eigenvalue weighted by Gasteiger charge is -2.19. The Morgan fingerprint density at radius 2 is 2.38 bits per heavy atom. The Kier molecular flexibility index (Phi) is 3.61. The van der Waals surface area contributed by atoms with Crippen LogP contribution in [0.5, 0.6) is 0 Å². The Labute approximate surface area is 103 Å². The van der Waals surface area contributed by atoms with Crippen molar-refractivity contribution in [2.45, 2.75) is 24.9 Å². The number of aliphatic carboxylic acids is 1. The van der Waals surface area contributed by atoms with E-state index in [4.69, 9.17) is 4.74 Å². The molecule has 1 fully saturated rings. The maximum absolute atomic E-state index is 11.3. The summed E-state index contributed by atoms with van der Waals surface area (Å²) in [5.74, 6) is -1.37. The average molecular weight is 285 g/mol. The van der Waals surface area contributed by atoms with Crippen LogP contribution in [-0.2, 0) is 9.53 Å². The second-order valence-electron chi connectivity index (χ2n) is 3.92. The van der Waals surface area contributed by atoms with Crippen molar-refractivity contribution in [3.8, 4) is 0 Å². The lowest BCUT2D eigenvalue weighted by Crippen LogP contribution is -2.25. The van der Waals surface area contributed by atoms with Gasteiger partial charge in [-0.25, -0.2) is 0 Å². The second kappa shape index (κ2) is 4.97. The van der Waals surface area contributed by atoms with Gasteiger partial charge in [-0.2, -0.15) is 0 Å². The molecule has 0 aliphatic carbocycles. The van der Waals surface area contributed by atoms with Gasteiger partial charge in [-0.1, -0.05) is 28.1 Å². The fourth-order valence-corrected chi connectivity index (χ4v) is 2.50. The van der Waals surface area contributed by atoms with E-state index in [1.54, 1.807) is 0 Å². The molecule has 2 atom stereocenters. The summed E-state index contributed by atoms with van der Waals surface area (Å²) in [5, 5.41) is 9.28. The van der Waals surface area contributed by atoms with E-state index in [1.807, 2.05) is 24.3 Å². The van der Waals surface area contributed by atoms with E-state index in [9.17, 15) is 9.90 Å². The van der Waals surface area contributed by atoms with Gasteiger partial charge in [0.15, 0.2) is 0 Å². The first kappa shape index (κ1) is 11.6. The first-order chi connectivity index (χ1) is 7.68. The number of benzene rings is 1. The fourth-order valence-electron chi connectivity index (χ4n) is 2.08. The number of carboxylic acids is 1. The highest BCUT2D eigenvalue weighted by molar-refractivity contribution is 9.10. The second-order valence-corrected chi connectivity index (χ2v) is 4.84. The standard InChI is InChI=1S/C12H13BrO3/c13-9-4-1-3-8(7-9)11(12(14)15)10-5-2-6-16-10/h1,3-4,7,10-11H,2,5-6H2,(H,14,15). The Morgan fingerprint density at radius 3 is 2.94 bits per heavy atom. The van der Waals surface area contributed by atoms with Crippen molar-refractivity contribution in [2.24, 2.45) is 0 Å². The number of hydrogen-bond acceptors (Lipinski definition) is 2. The van der Waals surface area contributed by atoms with Crippen molar-refractivity contribution in [1.29, 1.82) is 0 Å². The smallest absolute Gasteiger partial charge is 0.313 e. The molecule has 2 rings (SSSR count). The van der Waals surface area contributed by atoms with E-state index in [-0.39, 0.29) is 6.10 Å². The molecule has 0 saturated carbocycles. The van der Waals surface area contributed by atoms with Crippen LogP contribution in [0.3, 0.4) is 0 Å². The van der Waals surface area contributed by atoms with Gasteiger partial charge >= 0.3 is 5.97 Å². The van der Waals surface area contributed by atoms with Gasteiger partial charge in [0.2, 0.25) is 0 Å². The lowest BCUT2D eigenvalue weighted by molar-refractivity contribution is -0.141. The van der Waals surface area contributed by atoms with E-state index in [2.05, 4.69) is 15.9 Å². The van der Waals surface area contributed by atoms with Gasteiger partial charge in [-0.05, 0) is 30.5 Å². The molecule has 1 N–H and O–H groups in total. The van der Waals surface area contributed by atoms with Crippen molar-refractivity contribution in [3.63, 3.8) is 0 Å². The Hall–Kier alpha value is -0.870. The monoisotopic (exact) mass is 284 g/mol. The molecule has 16 heavy (non-hydrogen) atoms. The number of ether oxygens (including phenoxy) is 1. The van der Waals surface area contributed by atoms with E-state index < -0.39 is 11.9 Å². The van der Waals surface area contributed by atoms with Crippen molar-refractivity contribution in [2.75, 3.05) is 6.61 Å². The first-order valence-corrected chi connectivity index (χ1v) is 6.07. The van der Waals surface area contributed by atoms with E-state index in [0.717, 1.165) is 22.9 Å². The molecule has 1 aromatic rings. The molecule has 0 radical (unpaired) electrons. The Morgan fingerprint density at radius 1 is 1.56 bits per heavy atom. The summed E-state index contributed by atoms with van der Waals surface area (Å²) in [6, 6.07) is 7.42. The van der Waals surface area contributed by atoms with Gasteiger partial charge in [0.1, 0.15) is 5.92 Å². The van der Waals surface area contributed by atoms with Crippen molar-refractivity contribution in [3.05, 3.63) is 34.3 Å². The first-order valence-electron chi connectivity index (χ1n) is 5.28. The third-order valence-corrected chi connectivity index (χ3v) is 3.30. The largest absolute Gasteiger partial charge is 0.481 e. The third-order valence-electron chi connectivity index (χ3n) is 2.81. The van der Waals surface area contributed by atoms with Gasteiger partial charge in [-0.3, -0.25) is 4.79 Å². The molecule has 86 valence electrons. The number of carbonyl (C=O) groups is 1. The summed E-state index contributed by atoms with van der Waals surface area (Å²) < 4.78 is 6.37. The predicted octanol–water partition coefficient (Wildman–Crippen LogP) is 2.80. The Balaban J connectivity index is 2.28. The third kappa shape index (κ3) is 2.44. The lowest BCUT2D eigenvalue weighted by atomic mass is 9.92. The summed E-state index contributed by atoms with van der Waals surface area (Å²) in [7, 11) is 0. The molecule has 1 heterocycles. The van der Waals surface area contributed by atoms with Crippen LogP contribution in [0.2, 0.25) is 0 Å². The van der Waals surface area contributed by atoms with E-state index >= 15 is 0 Å². The van der Waals surface area contributed by atoms with Crippen molar-refractivity contribution < 1.29 is 14.6 Å².